The Bertz CT molecular complexity index is 159. The SMILES string of the molecule is CCCNCC(C)CN1CCCCC1C. The van der Waals surface area contributed by atoms with E-state index < -0.39 is 0 Å². The second-order valence-electron chi connectivity index (χ2n) is 5.15. The molecule has 2 nitrogen and oxygen atoms in total. The standard InChI is InChI=1S/C13H28N2/c1-4-8-14-10-12(2)11-15-9-6-5-7-13(15)3/h12-14H,4-11H2,1-3H3. The molecular weight excluding hydrogens is 184 g/mol. The van der Waals surface area contributed by atoms with Crippen LogP contribution in [0.3, 0.4) is 0 Å². The van der Waals surface area contributed by atoms with Gasteiger partial charge in [-0.15, -0.1) is 0 Å². The Morgan fingerprint density at radius 2 is 2.20 bits per heavy atom. The molecule has 2 heteroatoms. The van der Waals surface area contributed by atoms with Gasteiger partial charge in [-0.25, -0.2) is 0 Å². The van der Waals surface area contributed by atoms with Crippen molar-refractivity contribution in [1.82, 2.24) is 10.2 Å². The van der Waals surface area contributed by atoms with E-state index in [1.165, 1.54) is 51.9 Å². The fraction of sp³-hybridized carbons (Fsp3) is 1.00. The van der Waals surface area contributed by atoms with Gasteiger partial charge in [-0.05, 0) is 51.7 Å². The quantitative estimate of drug-likeness (QED) is 0.681. The van der Waals surface area contributed by atoms with Gasteiger partial charge < -0.3 is 10.2 Å². The van der Waals surface area contributed by atoms with Crippen LogP contribution in [0.5, 0.6) is 0 Å². The first kappa shape index (κ1) is 13.0. The van der Waals surface area contributed by atoms with Gasteiger partial charge in [0.2, 0.25) is 0 Å². The minimum Gasteiger partial charge on any atom is -0.316 e. The van der Waals surface area contributed by atoms with Crippen molar-refractivity contribution in [2.45, 2.75) is 52.5 Å². The lowest BCUT2D eigenvalue weighted by molar-refractivity contribution is 0.139. The summed E-state index contributed by atoms with van der Waals surface area (Å²) in [6, 6.07) is 0.812. The third kappa shape index (κ3) is 4.98. The maximum Gasteiger partial charge on any atom is 0.00670 e. The predicted molar refractivity (Wildman–Crippen MR) is 67.2 cm³/mol. The molecule has 1 heterocycles. The Balaban J connectivity index is 2.15. The fourth-order valence-corrected chi connectivity index (χ4v) is 2.42. The number of hydrogen-bond acceptors (Lipinski definition) is 2. The zero-order valence-electron chi connectivity index (χ0n) is 10.8. The average Bonchev–Trinajstić information content (AvgIpc) is 2.22. The highest BCUT2D eigenvalue weighted by atomic mass is 15.2. The van der Waals surface area contributed by atoms with Gasteiger partial charge in [-0.2, -0.15) is 0 Å². The van der Waals surface area contributed by atoms with Crippen molar-refractivity contribution in [1.29, 1.82) is 0 Å². The summed E-state index contributed by atoms with van der Waals surface area (Å²) in [6.07, 6.45) is 5.47. The van der Waals surface area contributed by atoms with Gasteiger partial charge in [-0.3, -0.25) is 0 Å². The van der Waals surface area contributed by atoms with Crippen LogP contribution in [-0.2, 0) is 0 Å². The van der Waals surface area contributed by atoms with Crippen LogP contribution < -0.4 is 5.32 Å². The van der Waals surface area contributed by atoms with E-state index in [4.69, 9.17) is 0 Å². The van der Waals surface area contributed by atoms with Crippen LogP contribution >= 0.6 is 0 Å². The molecule has 0 aromatic heterocycles. The lowest BCUT2D eigenvalue weighted by Crippen LogP contribution is -2.42. The van der Waals surface area contributed by atoms with Crippen LogP contribution in [0.2, 0.25) is 0 Å². The molecule has 1 aliphatic heterocycles. The molecule has 1 saturated heterocycles. The maximum atomic E-state index is 3.51. The average molecular weight is 212 g/mol. The van der Waals surface area contributed by atoms with Gasteiger partial charge in [0.25, 0.3) is 0 Å². The first-order valence-electron chi connectivity index (χ1n) is 6.68. The Labute approximate surface area is 95.4 Å². The molecule has 90 valence electrons. The number of nitrogens with zero attached hydrogens (tertiary/aromatic N) is 1. The Morgan fingerprint density at radius 3 is 2.87 bits per heavy atom. The van der Waals surface area contributed by atoms with E-state index in [9.17, 15) is 0 Å². The molecule has 1 N–H and O–H groups in total. The van der Waals surface area contributed by atoms with Gasteiger partial charge in [0.05, 0.1) is 0 Å². The summed E-state index contributed by atoms with van der Waals surface area (Å²) in [4.78, 5) is 2.67. The summed E-state index contributed by atoms with van der Waals surface area (Å²) < 4.78 is 0. The first-order chi connectivity index (χ1) is 7.24. The second kappa shape index (κ2) is 7.24. The summed E-state index contributed by atoms with van der Waals surface area (Å²) in [6.45, 7) is 11.9. The van der Waals surface area contributed by atoms with Crippen molar-refractivity contribution in [3.63, 3.8) is 0 Å². The molecule has 1 aliphatic rings. The molecule has 2 atom stereocenters. The molecule has 15 heavy (non-hydrogen) atoms. The highest BCUT2D eigenvalue weighted by Crippen LogP contribution is 2.17. The first-order valence-corrected chi connectivity index (χ1v) is 6.68. The van der Waals surface area contributed by atoms with Crippen LogP contribution in [0.1, 0.15) is 46.5 Å². The number of piperidine rings is 1. The molecule has 1 rings (SSSR count). The van der Waals surface area contributed by atoms with Crippen LogP contribution in [0.15, 0.2) is 0 Å². The molecule has 0 spiro atoms. The predicted octanol–water partition coefficient (Wildman–Crippen LogP) is 2.50. The van der Waals surface area contributed by atoms with E-state index in [0.29, 0.717) is 0 Å². The number of likely N-dealkylation sites (tertiary alicyclic amines) is 1. The van der Waals surface area contributed by atoms with E-state index in [2.05, 4.69) is 31.0 Å². The van der Waals surface area contributed by atoms with Gasteiger partial charge in [0.1, 0.15) is 0 Å². The molecule has 0 saturated carbocycles. The van der Waals surface area contributed by atoms with Crippen molar-refractivity contribution in [2.75, 3.05) is 26.2 Å². The van der Waals surface area contributed by atoms with E-state index in [1.807, 2.05) is 0 Å². The number of rotatable bonds is 6. The molecule has 2 unspecified atom stereocenters. The molecule has 0 aromatic rings. The summed E-state index contributed by atoms with van der Waals surface area (Å²) in [5.41, 5.74) is 0. The van der Waals surface area contributed by atoms with Gasteiger partial charge in [0, 0.05) is 12.6 Å². The van der Waals surface area contributed by atoms with Crippen molar-refractivity contribution in [2.24, 2.45) is 5.92 Å². The Hall–Kier alpha value is -0.0800. The van der Waals surface area contributed by atoms with Crippen molar-refractivity contribution in [3.8, 4) is 0 Å². The summed E-state index contributed by atoms with van der Waals surface area (Å²) in [5, 5.41) is 3.51. The van der Waals surface area contributed by atoms with Crippen LogP contribution in [-0.4, -0.2) is 37.1 Å². The molecule has 0 amide bonds. The summed E-state index contributed by atoms with van der Waals surface area (Å²) >= 11 is 0. The molecular formula is C13H28N2. The highest BCUT2D eigenvalue weighted by Gasteiger charge is 2.19. The molecule has 0 radical (unpaired) electrons. The third-order valence-electron chi connectivity index (χ3n) is 3.41. The number of nitrogens with one attached hydrogen (secondary N) is 1. The molecule has 0 aliphatic carbocycles. The molecule has 0 aromatic carbocycles. The van der Waals surface area contributed by atoms with Crippen molar-refractivity contribution in [3.05, 3.63) is 0 Å². The summed E-state index contributed by atoms with van der Waals surface area (Å²) in [5.74, 6) is 0.789. The minimum atomic E-state index is 0.789. The number of hydrogen-bond donors (Lipinski definition) is 1. The molecule has 0 bridgehead atoms. The van der Waals surface area contributed by atoms with E-state index in [1.54, 1.807) is 0 Å². The van der Waals surface area contributed by atoms with Crippen molar-refractivity contribution < 1.29 is 0 Å². The maximum absolute atomic E-state index is 3.51. The largest absolute Gasteiger partial charge is 0.316 e. The minimum absolute atomic E-state index is 0.789. The van der Waals surface area contributed by atoms with Crippen molar-refractivity contribution >= 4 is 0 Å². The highest BCUT2D eigenvalue weighted by molar-refractivity contribution is 4.75. The van der Waals surface area contributed by atoms with E-state index in [0.717, 1.165) is 12.0 Å². The topological polar surface area (TPSA) is 15.3 Å². The van der Waals surface area contributed by atoms with Crippen LogP contribution in [0.4, 0.5) is 0 Å². The fourth-order valence-electron chi connectivity index (χ4n) is 2.42. The van der Waals surface area contributed by atoms with Gasteiger partial charge in [-0.1, -0.05) is 20.3 Å². The van der Waals surface area contributed by atoms with Crippen LogP contribution in [0, 0.1) is 5.92 Å². The van der Waals surface area contributed by atoms with E-state index in [-0.39, 0.29) is 0 Å². The van der Waals surface area contributed by atoms with Crippen LogP contribution in [0.25, 0.3) is 0 Å². The normalized spacial score (nSPS) is 25.4. The Kier molecular flexibility index (Phi) is 6.26. The smallest absolute Gasteiger partial charge is 0.00670 e. The second-order valence-corrected chi connectivity index (χ2v) is 5.15. The zero-order valence-corrected chi connectivity index (χ0v) is 10.8. The van der Waals surface area contributed by atoms with E-state index >= 15 is 0 Å². The summed E-state index contributed by atoms with van der Waals surface area (Å²) in [7, 11) is 0. The molecule has 1 fully saturated rings. The monoisotopic (exact) mass is 212 g/mol. The van der Waals surface area contributed by atoms with Gasteiger partial charge >= 0.3 is 0 Å². The lowest BCUT2D eigenvalue weighted by atomic mass is 10.0. The third-order valence-corrected chi connectivity index (χ3v) is 3.41. The zero-order chi connectivity index (χ0) is 11.1. The van der Waals surface area contributed by atoms with Gasteiger partial charge in [0.15, 0.2) is 0 Å². The lowest BCUT2D eigenvalue weighted by Gasteiger charge is -2.35. The Morgan fingerprint density at radius 1 is 1.40 bits per heavy atom.